The van der Waals surface area contributed by atoms with Crippen LogP contribution in [0.25, 0.3) is 0 Å². The van der Waals surface area contributed by atoms with Crippen molar-refractivity contribution in [3.05, 3.63) is 80.3 Å². The first-order valence-electron chi connectivity index (χ1n) is 11.4. The van der Waals surface area contributed by atoms with Gasteiger partial charge in [-0.2, -0.15) is 5.10 Å². The lowest BCUT2D eigenvalue weighted by Gasteiger charge is -2.14. The number of hydrogen-bond acceptors (Lipinski definition) is 6. The lowest BCUT2D eigenvalue weighted by Crippen LogP contribution is -2.32. The van der Waals surface area contributed by atoms with Crippen molar-refractivity contribution >= 4 is 62.8 Å². The number of para-hydroxylation sites is 1. The van der Waals surface area contributed by atoms with Gasteiger partial charge in [-0.25, -0.2) is 5.43 Å². The first kappa shape index (κ1) is 28.7. The molecule has 0 unspecified atom stereocenters. The maximum Gasteiger partial charge on any atom is 0.329 e. The van der Waals surface area contributed by atoms with Crippen molar-refractivity contribution < 1.29 is 23.9 Å². The standard InChI is InChI=1S/C27H26BrClN4O5/c1-15-7-5-8-16(2)24(15)32-26(35)27(36)33-30-13-18-11-19(28)25(22(12-18)37-4)38-14-23(34)31-21-10-6-9-20(29)17(21)3/h5-13H,14H2,1-4H3,(H,31,34)(H,32,35)(H,33,36)/b30-13-. The summed E-state index contributed by atoms with van der Waals surface area (Å²) >= 11 is 9.50. The van der Waals surface area contributed by atoms with Gasteiger partial charge in [0.2, 0.25) is 0 Å². The van der Waals surface area contributed by atoms with Crippen LogP contribution in [-0.2, 0) is 14.4 Å². The Balaban J connectivity index is 1.61. The highest BCUT2D eigenvalue weighted by Gasteiger charge is 2.16. The Morgan fingerprint density at radius 1 is 1.00 bits per heavy atom. The van der Waals surface area contributed by atoms with Crippen LogP contribution in [0.15, 0.2) is 58.1 Å². The molecule has 0 aromatic heterocycles. The Hall–Kier alpha value is -3.89. The van der Waals surface area contributed by atoms with Crippen molar-refractivity contribution in [3.63, 3.8) is 0 Å². The van der Waals surface area contributed by atoms with Gasteiger partial charge >= 0.3 is 11.8 Å². The predicted molar refractivity (Wildman–Crippen MR) is 151 cm³/mol. The number of hydrazone groups is 1. The molecule has 0 radical (unpaired) electrons. The number of nitrogens with zero attached hydrogens (tertiary/aromatic N) is 1. The fourth-order valence-electron chi connectivity index (χ4n) is 3.42. The summed E-state index contributed by atoms with van der Waals surface area (Å²) < 4.78 is 11.6. The molecule has 0 aliphatic carbocycles. The molecule has 3 aromatic carbocycles. The highest BCUT2D eigenvalue weighted by Crippen LogP contribution is 2.36. The summed E-state index contributed by atoms with van der Waals surface area (Å²) in [5.74, 6) is -1.51. The normalized spacial score (nSPS) is 10.7. The zero-order valence-electron chi connectivity index (χ0n) is 21.1. The number of ether oxygens (including phenoxy) is 2. The van der Waals surface area contributed by atoms with Gasteiger partial charge in [0.05, 0.1) is 17.8 Å². The summed E-state index contributed by atoms with van der Waals surface area (Å²) in [6.07, 6.45) is 1.34. The van der Waals surface area contributed by atoms with E-state index in [1.54, 1.807) is 37.3 Å². The van der Waals surface area contributed by atoms with Gasteiger partial charge in [-0.1, -0.05) is 35.9 Å². The molecule has 0 saturated heterocycles. The average Bonchev–Trinajstić information content (AvgIpc) is 2.87. The summed E-state index contributed by atoms with van der Waals surface area (Å²) in [6.45, 7) is 5.20. The van der Waals surface area contributed by atoms with E-state index in [-0.39, 0.29) is 12.5 Å². The molecule has 38 heavy (non-hydrogen) atoms. The SMILES string of the molecule is COc1cc(/C=N\NC(=O)C(=O)Nc2c(C)cccc2C)cc(Br)c1OCC(=O)Nc1cccc(Cl)c1C. The van der Waals surface area contributed by atoms with Crippen molar-refractivity contribution in [2.45, 2.75) is 20.8 Å². The lowest BCUT2D eigenvalue weighted by atomic mass is 10.1. The molecule has 11 heteroatoms. The molecular weight excluding hydrogens is 576 g/mol. The van der Waals surface area contributed by atoms with E-state index in [0.717, 1.165) is 16.7 Å². The molecule has 3 aromatic rings. The third kappa shape index (κ3) is 7.33. The molecule has 3 N–H and O–H groups in total. The summed E-state index contributed by atoms with van der Waals surface area (Å²) in [7, 11) is 1.45. The summed E-state index contributed by atoms with van der Waals surface area (Å²) in [6, 6.07) is 14.0. The topological polar surface area (TPSA) is 118 Å². The van der Waals surface area contributed by atoms with Crippen LogP contribution in [-0.4, -0.2) is 37.7 Å². The Labute approximate surface area is 233 Å². The van der Waals surface area contributed by atoms with Crippen LogP contribution in [0.1, 0.15) is 22.3 Å². The largest absolute Gasteiger partial charge is 0.493 e. The van der Waals surface area contributed by atoms with Gasteiger partial charge in [-0.15, -0.1) is 0 Å². The Kier molecular flexibility index (Phi) is 9.86. The smallest absolute Gasteiger partial charge is 0.329 e. The molecule has 0 saturated carbocycles. The quantitative estimate of drug-likeness (QED) is 0.188. The average molecular weight is 602 g/mol. The molecule has 3 amide bonds. The summed E-state index contributed by atoms with van der Waals surface area (Å²) in [5, 5.41) is 9.76. The van der Waals surface area contributed by atoms with Crippen LogP contribution in [0.4, 0.5) is 11.4 Å². The molecule has 0 aliphatic heterocycles. The third-order valence-electron chi connectivity index (χ3n) is 5.45. The van der Waals surface area contributed by atoms with Gasteiger partial charge in [0.1, 0.15) is 0 Å². The van der Waals surface area contributed by atoms with Crippen LogP contribution in [0.3, 0.4) is 0 Å². The second-order valence-electron chi connectivity index (χ2n) is 8.20. The van der Waals surface area contributed by atoms with E-state index in [1.807, 2.05) is 32.0 Å². The predicted octanol–water partition coefficient (Wildman–Crippen LogP) is 5.14. The van der Waals surface area contributed by atoms with E-state index in [0.29, 0.717) is 37.9 Å². The second kappa shape index (κ2) is 13.1. The maximum atomic E-state index is 12.4. The van der Waals surface area contributed by atoms with Crippen LogP contribution in [0, 0.1) is 20.8 Å². The molecule has 0 atom stereocenters. The molecular formula is C27H26BrClN4O5. The van der Waals surface area contributed by atoms with Crippen molar-refractivity contribution in [2.75, 3.05) is 24.4 Å². The number of halogens is 2. The zero-order chi connectivity index (χ0) is 27.8. The van der Waals surface area contributed by atoms with E-state index in [9.17, 15) is 14.4 Å². The molecule has 9 nitrogen and oxygen atoms in total. The van der Waals surface area contributed by atoms with Crippen molar-refractivity contribution in [1.29, 1.82) is 0 Å². The van der Waals surface area contributed by atoms with E-state index >= 15 is 0 Å². The molecule has 0 heterocycles. The Bertz CT molecular complexity index is 1390. The van der Waals surface area contributed by atoms with Crippen molar-refractivity contribution in [1.82, 2.24) is 5.43 Å². The molecule has 0 aliphatic rings. The molecule has 198 valence electrons. The van der Waals surface area contributed by atoms with Gasteiger partial charge in [0.25, 0.3) is 5.91 Å². The first-order valence-corrected chi connectivity index (χ1v) is 12.5. The lowest BCUT2D eigenvalue weighted by molar-refractivity contribution is -0.136. The minimum absolute atomic E-state index is 0.278. The van der Waals surface area contributed by atoms with E-state index in [4.69, 9.17) is 21.1 Å². The molecule has 0 fully saturated rings. The van der Waals surface area contributed by atoms with Crippen molar-refractivity contribution in [2.24, 2.45) is 5.10 Å². The Morgan fingerprint density at radius 3 is 2.37 bits per heavy atom. The number of carbonyl (C=O) groups excluding carboxylic acids is 3. The van der Waals surface area contributed by atoms with Gasteiger partial charge in [-0.3, -0.25) is 14.4 Å². The minimum Gasteiger partial charge on any atom is -0.493 e. The van der Waals surface area contributed by atoms with Crippen LogP contribution < -0.4 is 25.5 Å². The number of anilines is 2. The minimum atomic E-state index is -0.921. The summed E-state index contributed by atoms with van der Waals surface area (Å²) in [4.78, 5) is 36.9. The fraction of sp³-hybridized carbons (Fsp3) is 0.185. The highest BCUT2D eigenvalue weighted by molar-refractivity contribution is 9.10. The van der Waals surface area contributed by atoms with Crippen LogP contribution in [0.2, 0.25) is 5.02 Å². The number of benzene rings is 3. The number of hydrogen-bond donors (Lipinski definition) is 3. The van der Waals surface area contributed by atoms with Gasteiger partial charge in [0.15, 0.2) is 18.1 Å². The van der Waals surface area contributed by atoms with Crippen molar-refractivity contribution in [3.8, 4) is 11.5 Å². The van der Waals surface area contributed by atoms with Crippen LogP contribution in [0.5, 0.6) is 11.5 Å². The first-order chi connectivity index (χ1) is 18.1. The number of aryl methyl sites for hydroxylation is 2. The molecule has 0 bridgehead atoms. The molecule has 3 rings (SSSR count). The Morgan fingerprint density at radius 2 is 1.68 bits per heavy atom. The van der Waals surface area contributed by atoms with E-state index in [2.05, 4.69) is 37.1 Å². The van der Waals surface area contributed by atoms with Gasteiger partial charge in [-0.05, 0) is 83.2 Å². The second-order valence-corrected chi connectivity index (χ2v) is 9.46. The van der Waals surface area contributed by atoms with Gasteiger partial charge in [0, 0.05) is 16.4 Å². The maximum absolute atomic E-state index is 12.4. The highest BCUT2D eigenvalue weighted by atomic mass is 79.9. The van der Waals surface area contributed by atoms with Crippen LogP contribution >= 0.6 is 27.5 Å². The summed E-state index contributed by atoms with van der Waals surface area (Å²) in [5.41, 5.74) is 6.34. The van der Waals surface area contributed by atoms with Gasteiger partial charge < -0.3 is 20.1 Å². The number of rotatable bonds is 8. The number of amides is 3. The number of nitrogens with one attached hydrogen (secondary N) is 3. The van der Waals surface area contributed by atoms with E-state index < -0.39 is 11.8 Å². The van der Waals surface area contributed by atoms with E-state index in [1.165, 1.54) is 13.3 Å². The number of carbonyl (C=O) groups is 3. The zero-order valence-corrected chi connectivity index (χ0v) is 23.5. The number of methoxy groups -OCH3 is 1. The third-order valence-corrected chi connectivity index (χ3v) is 6.45. The fourth-order valence-corrected chi connectivity index (χ4v) is 4.17. The molecule has 0 spiro atoms. The monoisotopic (exact) mass is 600 g/mol.